The molecule has 0 saturated heterocycles. The first-order valence-electron chi connectivity index (χ1n) is 13.4. The molecule has 3 heteroatoms. The van der Waals surface area contributed by atoms with Crippen molar-refractivity contribution in [3.63, 3.8) is 0 Å². The van der Waals surface area contributed by atoms with Crippen molar-refractivity contribution in [1.82, 2.24) is 15.0 Å². The molecule has 0 saturated carbocycles. The molecule has 1 aromatic carbocycles. The lowest BCUT2D eigenvalue weighted by atomic mass is 9.79. The lowest BCUT2D eigenvalue weighted by Gasteiger charge is -2.26. The van der Waals surface area contributed by atoms with Gasteiger partial charge in [-0.2, -0.15) is 0 Å². The lowest BCUT2D eigenvalue weighted by Crippen LogP contribution is -2.15. The Bertz CT molecular complexity index is 1170. The van der Waals surface area contributed by atoms with Crippen LogP contribution >= 0.6 is 0 Å². The van der Waals surface area contributed by atoms with E-state index in [2.05, 4.69) is 96.1 Å². The second-order valence-electron chi connectivity index (χ2n) is 9.77. The van der Waals surface area contributed by atoms with E-state index in [1.165, 1.54) is 33.4 Å². The summed E-state index contributed by atoms with van der Waals surface area (Å²) in [6, 6.07) is 19.1. The molecule has 0 spiro atoms. The quantitative estimate of drug-likeness (QED) is 0.255. The van der Waals surface area contributed by atoms with E-state index in [0.717, 1.165) is 72.7 Å². The van der Waals surface area contributed by atoms with Crippen LogP contribution in [0.2, 0.25) is 0 Å². The minimum atomic E-state index is 0.862. The zero-order valence-electron chi connectivity index (χ0n) is 22.8. The predicted octanol–water partition coefficient (Wildman–Crippen LogP) is 7.26. The van der Waals surface area contributed by atoms with Crippen LogP contribution in [0, 0.1) is 20.8 Å². The summed E-state index contributed by atoms with van der Waals surface area (Å²) < 4.78 is 0. The SMILES string of the molecule is CCc1c(Cc2cccc(C)n2)c(CC)c(Cc2cccc(C)n2)c(CC)c1Cc1cccc(C)n1. The summed E-state index contributed by atoms with van der Waals surface area (Å²) in [7, 11) is 0. The van der Waals surface area contributed by atoms with Crippen molar-refractivity contribution in [3.05, 3.63) is 122 Å². The van der Waals surface area contributed by atoms with E-state index in [9.17, 15) is 0 Å². The Labute approximate surface area is 217 Å². The summed E-state index contributed by atoms with van der Waals surface area (Å²) in [5, 5.41) is 0. The van der Waals surface area contributed by atoms with Crippen LogP contribution < -0.4 is 0 Å². The van der Waals surface area contributed by atoms with Gasteiger partial charge in [-0.25, -0.2) is 0 Å². The molecule has 36 heavy (non-hydrogen) atoms. The van der Waals surface area contributed by atoms with Crippen LogP contribution in [0.5, 0.6) is 0 Å². The fourth-order valence-electron chi connectivity index (χ4n) is 5.65. The van der Waals surface area contributed by atoms with Crippen LogP contribution in [-0.2, 0) is 38.5 Å². The van der Waals surface area contributed by atoms with Crippen molar-refractivity contribution in [2.75, 3.05) is 0 Å². The average molecular weight is 478 g/mol. The topological polar surface area (TPSA) is 38.7 Å². The fourth-order valence-corrected chi connectivity index (χ4v) is 5.65. The molecule has 3 heterocycles. The molecule has 0 amide bonds. The molecular weight excluding hydrogens is 438 g/mol. The molecule has 186 valence electrons. The van der Waals surface area contributed by atoms with Crippen LogP contribution in [0.15, 0.2) is 54.6 Å². The number of hydrogen-bond acceptors (Lipinski definition) is 3. The van der Waals surface area contributed by atoms with E-state index in [4.69, 9.17) is 15.0 Å². The number of pyridine rings is 3. The molecule has 0 fully saturated rings. The first kappa shape index (κ1) is 25.8. The highest BCUT2D eigenvalue weighted by molar-refractivity contribution is 5.55. The standard InChI is InChI=1S/C33H39N3/c1-7-28-31(19-25-16-10-13-22(4)34-25)29(8-2)33(21-27-18-12-15-24(6)36-27)30(9-3)32(28)20-26-17-11-14-23(5)35-26/h10-18H,7-9,19-21H2,1-6H3. The Hall–Kier alpha value is -3.33. The van der Waals surface area contributed by atoms with E-state index in [1.807, 2.05) is 0 Å². The highest BCUT2D eigenvalue weighted by Crippen LogP contribution is 2.34. The summed E-state index contributed by atoms with van der Waals surface area (Å²) in [5.74, 6) is 0. The molecule has 0 aliphatic carbocycles. The van der Waals surface area contributed by atoms with Gasteiger partial charge in [0.05, 0.1) is 0 Å². The van der Waals surface area contributed by atoms with Crippen LogP contribution in [0.4, 0.5) is 0 Å². The fraction of sp³-hybridized carbons (Fsp3) is 0.364. The van der Waals surface area contributed by atoms with Crippen molar-refractivity contribution < 1.29 is 0 Å². The smallest absolute Gasteiger partial charge is 0.0450 e. The molecule has 0 bridgehead atoms. The average Bonchev–Trinajstić information content (AvgIpc) is 2.85. The summed E-state index contributed by atoms with van der Waals surface area (Å²) >= 11 is 0. The molecule has 4 rings (SSSR count). The maximum Gasteiger partial charge on any atom is 0.0450 e. The van der Waals surface area contributed by atoms with Crippen molar-refractivity contribution in [2.45, 2.75) is 80.1 Å². The molecule has 0 atom stereocenters. The second kappa shape index (κ2) is 11.6. The third-order valence-electron chi connectivity index (χ3n) is 7.16. The molecule has 3 nitrogen and oxygen atoms in total. The van der Waals surface area contributed by atoms with Crippen molar-refractivity contribution in [3.8, 4) is 0 Å². The predicted molar refractivity (Wildman–Crippen MR) is 150 cm³/mol. The minimum absolute atomic E-state index is 0.862. The van der Waals surface area contributed by atoms with Crippen LogP contribution in [0.25, 0.3) is 0 Å². The largest absolute Gasteiger partial charge is 0.258 e. The molecule has 0 aliphatic heterocycles. The van der Waals surface area contributed by atoms with Gasteiger partial charge in [-0.1, -0.05) is 39.0 Å². The van der Waals surface area contributed by atoms with Gasteiger partial charge in [0.1, 0.15) is 0 Å². The van der Waals surface area contributed by atoms with Gasteiger partial charge in [-0.15, -0.1) is 0 Å². The van der Waals surface area contributed by atoms with Crippen molar-refractivity contribution in [2.24, 2.45) is 0 Å². The van der Waals surface area contributed by atoms with Crippen LogP contribution in [0.3, 0.4) is 0 Å². The van der Waals surface area contributed by atoms with Crippen LogP contribution in [-0.4, -0.2) is 15.0 Å². The molecular formula is C33H39N3. The molecule has 0 aliphatic rings. The molecule has 0 N–H and O–H groups in total. The van der Waals surface area contributed by atoms with Crippen molar-refractivity contribution >= 4 is 0 Å². The molecule has 0 radical (unpaired) electrons. The third-order valence-corrected chi connectivity index (χ3v) is 7.16. The van der Waals surface area contributed by atoms with E-state index in [-0.39, 0.29) is 0 Å². The summed E-state index contributed by atoms with van der Waals surface area (Å²) in [4.78, 5) is 14.7. The Kier molecular flexibility index (Phi) is 8.30. The normalized spacial score (nSPS) is 11.2. The minimum Gasteiger partial charge on any atom is -0.258 e. The number of aromatic nitrogens is 3. The summed E-state index contributed by atoms with van der Waals surface area (Å²) in [6.45, 7) is 13.1. The zero-order chi connectivity index (χ0) is 25.7. The van der Waals surface area contributed by atoms with Gasteiger partial charge in [0, 0.05) is 53.4 Å². The lowest BCUT2D eigenvalue weighted by molar-refractivity contribution is 0.873. The number of aryl methyl sites for hydroxylation is 3. The second-order valence-corrected chi connectivity index (χ2v) is 9.77. The Morgan fingerprint density at radius 3 is 0.917 bits per heavy atom. The molecule has 3 aromatic heterocycles. The van der Waals surface area contributed by atoms with Gasteiger partial charge in [-0.3, -0.25) is 15.0 Å². The maximum atomic E-state index is 4.89. The molecule has 4 aromatic rings. The van der Waals surface area contributed by atoms with Gasteiger partial charge < -0.3 is 0 Å². The van der Waals surface area contributed by atoms with Gasteiger partial charge in [-0.05, 0) is 110 Å². The van der Waals surface area contributed by atoms with Crippen LogP contribution in [0.1, 0.15) is 88.3 Å². The number of hydrogen-bond donors (Lipinski definition) is 0. The molecule has 0 unspecified atom stereocenters. The zero-order valence-corrected chi connectivity index (χ0v) is 22.8. The number of rotatable bonds is 9. The monoisotopic (exact) mass is 477 g/mol. The van der Waals surface area contributed by atoms with Gasteiger partial charge in [0.25, 0.3) is 0 Å². The summed E-state index contributed by atoms with van der Waals surface area (Å²) in [5.41, 5.74) is 15.5. The van der Waals surface area contributed by atoms with E-state index in [0.29, 0.717) is 0 Å². The van der Waals surface area contributed by atoms with Gasteiger partial charge >= 0.3 is 0 Å². The maximum absolute atomic E-state index is 4.89. The highest BCUT2D eigenvalue weighted by atomic mass is 14.7. The van der Waals surface area contributed by atoms with E-state index >= 15 is 0 Å². The van der Waals surface area contributed by atoms with Crippen molar-refractivity contribution in [1.29, 1.82) is 0 Å². The first-order valence-corrected chi connectivity index (χ1v) is 13.4. The van der Waals surface area contributed by atoms with Gasteiger partial charge in [0.2, 0.25) is 0 Å². The van der Waals surface area contributed by atoms with E-state index in [1.54, 1.807) is 0 Å². The Morgan fingerprint density at radius 1 is 0.417 bits per heavy atom. The first-order chi connectivity index (χ1) is 17.4. The van der Waals surface area contributed by atoms with Gasteiger partial charge in [0.15, 0.2) is 0 Å². The number of benzene rings is 1. The Morgan fingerprint density at radius 2 is 0.694 bits per heavy atom. The summed E-state index contributed by atoms with van der Waals surface area (Å²) in [6.07, 6.45) is 5.60. The Balaban J connectivity index is 1.96. The third kappa shape index (κ3) is 5.73. The highest BCUT2D eigenvalue weighted by Gasteiger charge is 2.23. The van der Waals surface area contributed by atoms with E-state index < -0.39 is 0 Å². The number of nitrogens with zero attached hydrogens (tertiary/aromatic N) is 3.